The van der Waals surface area contributed by atoms with Crippen LogP contribution in [0.2, 0.25) is 0 Å². The van der Waals surface area contributed by atoms with Crippen molar-refractivity contribution < 1.29 is 30.0 Å². The first-order valence-electron chi connectivity index (χ1n) is 10.6. The number of carbonyl (C=O) groups excluding carboxylic acids is 1. The van der Waals surface area contributed by atoms with Gasteiger partial charge in [-0.3, -0.25) is 9.69 Å². The van der Waals surface area contributed by atoms with E-state index in [0.29, 0.717) is 18.6 Å². The second kappa shape index (κ2) is 9.82. The highest BCUT2D eigenvalue weighted by atomic mass is 16.5. The van der Waals surface area contributed by atoms with Crippen molar-refractivity contribution in [3.63, 3.8) is 0 Å². The number of aliphatic hydroxyl groups is 4. The Hall–Kier alpha value is -0.770. The SMILES string of the molecule is COC1CCC(C(=O)N2CCC(CN3C[C@H](O)[C@@H](O)[C@H](O)[C@@H]3CO)CC2)CC1. The van der Waals surface area contributed by atoms with Crippen molar-refractivity contribution in [1.82, 2.24) is 9.80 Å². The number of methoxy groups -OCH3 is 1. The Morgan fingerprint density at radius 2 is 1.64 bits per heavy atom. The van der Waals surface area contributed by atoms with E-state index in [1.165, 1.54) is 0 Å². The van der Waals surface area contributed by atoms with Crippen LogP contribution in [0.4, 0.5) is 0 Å². The molecule has 4 atom stereocenters. The van der Waals surface area contributed by atoms with Crippen LogP contribution in [0.1, 0.15) is 38.5 Å². The summed E-state index contributed by atoms with van der Waals surface area (Å²) in [6.07, 6.45) is 2.38. The van der Waals surface area contributed by atoms with Crippen LogP contribution in [0, 0.1) is 11.8 Å². The molecule has 2 aliphatic heterocycles. The molecule has 2 heterocycles. The fraction of sp³-hybridized carbons (Fsp3) is 0.950. The topological polar surface area (TPSA) is 114 Å². The highest BCUT2D eigenvalue weighted by molar-refractivity contribution is 5.79. The van der Waals surface area contributed by atoms with Gasteiger partial charge in [-0.05, 0) is 44.4 Å². The van der Waals surface area contributed by atoms with Crippen LogP contribution in [0.3, 0.4) is 0 Å². The van der Waals surface area contributed by atoms with Crippen LogP contribution in [-0.4, -0.2) is 106 Å². The normalized spacial score (nSPS) is 38.5. The second-order valence-electron chi connectivity index (χ2n) is 8.73. The van der Waals surface area contributed by atoms with Crippen LogP contribution in [0.25, 0.3) is 0 Å². The lowest BCUT2D eigenvalue weighted by molar-refractivity contribution is -0.149. The largest absolute Gasteiger partial charge is 0.395 e. The van der Waals surface area contributed by atoms with Gasteiger partial charge in [-0.15, -0.1) is 0 Å². The van der Waals surface area contributed by atoms with Crippen molar-refractivity contribution in [3.8, 4) is 0 Å². The van der Waals surface area contributed by atoms with Gasteiger partial charge in [0.1, 0.15) is 12.2 Å². The minimum Gasteiger partial charge on any atom is -0.395 e. The lowest BCUT2D eigenvalue weighted by Crippen LogP contribution is -2.63. The Balaban J connectivity index is 1.47. The molecule has 0 aromatic carbocycles. The molecule has 0 aromatic heterocycles. The lowest BCUT2D eigenvalue weighted by atomic mass is 9.85. The molecule has 3 aliphatic rings. The van der Waals surface area contributed by atoms with Crippen LogP contribution in [0.15, 0.2) is 0 Å². The standard InChI is InChI=1S/C20H36N2O6/c1-28-15-4-2-14(3-5-15)20(27)21-8-6-13(7-9-21)10-22-11-17(24)19(26)18(25)16(22)12-23/h13-19,23-26H,2-12H2,1H3/t14?,15?,16-,17-,18+,19+/m0/s1. The Morgan fingerprint density at radius 3 is 2.21 bits per heavy atom. The molecule has 0 unspecified atom stereocenters. The molecule has 3 fully saturated rings. The number of hydrogen-bond acceptors (Lipinski definition) is 7. The van der Waals surface area contributed by atoms with E-state index in [0.717, 1.165) is 51.6 Å². The average molecular weight is 401 g/mol. The van der Waals surface area contributed by atoms with E-state index in [1.54, 1.807) is 7.11 Å². The van der Waals surface area contributed by atoms with E-state index >= 15 is 0 Å². The summed E-state index contributed by atoms with van der Waals surface area (Å²) in [6, 6.07) is -0.561. The molecule has 162 valence electrons. The summed E-state index contributed by atoms with van der Waals surface area (Å²) in [5, 5.41) is 39.5. The van der Waals surface area contributed by atoms with Gasteiger partial charge in [0.05, 0.1) is 24.9 Å². The molecular formula is C20H36N2O6. The molecule has 0 aromatic rings. The highest BCUT2D eigenvalue weighted by Crippen LogP contribution is 2.30. The van der Waals surface area contributed by atoms with Gasteiger partial charge in [0, 0.05) is 39.2 Å². The quantitative estimate of drug-likeness (QED) is 0.477. The highest BCUT2D eigenvalue weighted by Gasteiger charge is 2.42. The summed E-state index contributed by atoms with van der Waals surface area (Å²) >= 11 is 0. The van der Waals surface area contributed by atoms with Crippen LogP contribution >= 0.6 is 0 Å². The molecule has 8 heteroatoms. The monoisotopic (exact) mass is 400 g/mol. The van der Waals surface area contributed by atoms with Gasteiger partial charge in [-0.1, -0.05) is 0 Å². The van der Waals surface area contributed by atoms with Crippen molar-refractivity contribution in [2.75, 3.05) is 39.9 Å². The molecule has 1 amide bonds. The van der Waals surface area contributed by atoms with Crippen molar-refractivity contribution >= 4 is 5.91 Å². The first-order valence-corrected chi connectivity index (χ1v) is 10.6. The fourth-order valence-electron chi connectivity index (χ4n) is 5.06. The van der Waals surface area contributed by atoms with Crippen molar-refractivity contribution in [2.45, 2.75) is 69.0 Å². The Kier molecular flexibility index (Phi) is 7.69. The number of β-amino-alcohol motifs (C(OH)–C–C–N with tert-alkyl or cyclic N) is 1. The maximum atomic E-state index is 12.8. The third-order valence-electron chi connectivity index (χ3n) is 6.99. The molecule has 0 spiro atoms. The first-order chi connectivity index (χ1) is 13.4. The number of nitrogens with zero attached hydrogens (tertiary/aromatic N) is 2. The number of carbonyl (C=O) groups is 1. The number of amides is 1. The smallest absolute Gasteiger partial charge is 0.225 e. The van der Waals surface area contributed by atoms with Gasteiger partial charge in [0.25, 0.3) is 0 Å². The molecule has 28 heavy (non-hydrogen) atoms. The average Bonchev–Trinajstić information content (AvgIpc) is 2.72. The van der Waals surface area contributed by atoms with E-state index in [4.69, 9.17) is 4.74 Å². The number of ether oxygens (including phenoxy) is 1. The Bertz CT molecular complexity index is 505. The second-order valence-corrected chi connectivity index (χ2v) is 8.73. The Morgan fingerprint density at radius 1 is 1.00 bits per heavy atom. The van der Waals surface area contributed by atoms with Crippen molar-refractivity contribution in [3.05, 3.63) is 0 Å². The maximum Gasteiger partial charge on any atom is 0.225 e. The van der Waals surface area contributed by atoms with Gasteiger partial charge >= 0.3 is 0 Å². The van der Waals surface area contributed by atoms with E-state index < -0.39 is 24.4 Å². The van der Waals surface area contributed by atoms with Crippen molar-refractivity contribution in [2.24, 2.45) is 11.8 Å². The molecule has 1 aliphatic carbocycles. The van der Waals surface area contributed by atoms with Gasteiger partial charge in [-0.2, -0.15) is 0 Å². The lowest BCUT2D eigenvalue weighted by Gasteiger charge is -2.45. The van der Waals surface area contributed by atoms with Gasteiger partial charge < -0.3 is 30.1 Å². The van der Waals surface area contributed by atoms with Crippen molar-refractivity contribution in [1.29, 1.82) is 0 Å². The summed E-state index contributed by atoms with van der Waals surface area (Å²) in [6.45, 7) is 2.10. The summed E-state index contributed by atoms with van der Waals surface area (Å²) in [7, 11) is 1.74. The number of hydrogen-bond donors (Lipinski definition) is 4. The molecule has 1 saturated carbocycles. The summed E-state index contributed by atoms with van der Waals surface area (Å²) in [5.74, 6) is 0.737. The van der Waals surface area contributed by atoms with E-state index in [1.807, 2.05) is 9.80 Å². The van der Waals surface area contributed by atoms with Crippen LogP contribution in [-0.2, 0) is 9.53 Å². The molecule has 0 bridgehead atoms. The minimum absolute atomic E-state index is 0.121. The van der Waals surface area contributed by atoms with Crippen LogP contribution in [0.5, 0.6) is 0 Å². The molecule has 4 N–H and O–H groups in total. The molecule has 8 nitrogen and oxygen atoms in total. The number of piperidine rings is 2. The number of rotatable bonds is 5. The van der Waals surface area contributed by atoms with E-state index in [-0.39, 0.29) is 25.0 Å². The summed E-state index contributed by atoms with van der Waals surface area (Å²) in [5.41, 5.74) is 0. The molecule has 3 rings (SSSR count). The molecular weight excluding hydrogens is 364 g/mol. The zero-order valence-corrected chi connectivity index (χ0v) is 16.8. The Labute approximate surface area is 167 Å². The van der Waals surface area contributed by atoms with Gasteiger partial charge in [0.15, 0.2) is 0 Å². The maximum absolute atomic E-state index is 12.8. The zero-order chi connectivity index (χ0) is 20.3. The predicted octanol–water partition coefficient (Wildman–Crippen LogP) is -0.811. The van der Waals surface area contributed by atoms with Gasteiger partial charge in [-0.25, -0.2) is 0 Å². The third-order valence-corrected chi connectivity index (χ3v) is 6.99. The van der Waals surface area contributed by atoms with E-state index in [2.05, 4.69) is 0 Å². The molecule has 2 saturated heterocycles. The minimum atomic E-state index is -1.22. The molecule has 0 radical (unpaired) electrons. The third kappa shape index (κ3) is 4.86. The van der Waals surface area contributed by atoms with Crippen LogP contribution < -0.4 is 0 Å². The van der Waals surface area contributed by atoms with Gasteiger partial charge in [0.2, 0.25) is 5.91 Å². The first kappa shape index (κ1) is 21.9. The summed E-state index contributed by atoms with van der Waals surface area (Å²) < 4.78 is 5.39. The number of likely N-dealkylation sites (tertiary alicyclic amines) is 2. The predicted molar refractivity (Wildman–Crippen MR) is 103 cm³/mol. The van der Waals surface area contributed by atoms with E-state index in [9.17, 15) is 25.2 Å². The number of aliphatic hydroxyl groups excluding tert-OH is 4. The zero-order valence-electron chi connectivity index (χ0n) is 16.8. The summed E-state index contributed by atoms with van der Waals surface area (Å²) in [4.78, 5) is 16.7. The fourth-order valence-corrected chi connectivity index (χ4v) is 5.06.